The highest BCUT2D eigenvalue weighted by Gasteiger charge is 2.60. The molecule has 0 heterocycles. The first-order chi connectivity index (χ1) is 11.8. The van der Waals surface area contributed by atoms with Crippen LogP contribution in [0.1, 0.15) is 65.7 Å². The van der Waals surface area contributed by atoms with E-state index in [1.54, 1.807) is 0 Å². The first-order valence-corrected chi connectivity index (χ1v) is 10.7. The number of allylic oxidation sites excluding steroid dienone is 1. The predicted molar refractivity (Wildman–Crippen MR) is 100 cm³/mol. The fourth-order valence-corrected chi connectivity index (χ4v) is 7.64. The Bertz CT molecular complexity index is 641. The zero-order valence-electron chi connectivity index (χ0n) is 15.5. The third-order valence-corrected chi connectivity index (χ3v) is 8.88. The minimum absolute atomic E-state index is 0.0548. The number of rotatable bonds is 1. The van der Waals surface area contributed by atoms with Crippen LogP contribution in [0.2, 0.25) is 0 Å². The van der Waals surface area contributed by atoms with Gasteiger partial charge in [0.15, 0.2) is 5.78 Å². The standard InChI is InChI=1S/C21H29BrO3/c1-12(23)25-14-6-8-20(2)13(10-14)4-5-15-16(20)7-9-21(3)17(15)11-18(22)19(21)24/h4,14-18H,5-11H2,1-3H3/t14-,15-,16-,17-,18+,20-,21-/m1/s1. The Hall–Kier alpha value is -0.640. The van der Waals surface area contributed by atoms with Crippen molar-refractivity contribution in [3.05, 3.63) is 11.6 Å². The Kier molecular flexibility index (Phi) is 4.22. The maximum Gasteiger partial charge on any atom is 0.302 e. The van der Waals surface area contributed by atoms with Crippen LogP contribution >= 0.6 is 15.9 Å². The number of fused-ring (bicyclic) bond motifs is 5. The Morgan fingerprint density at radius 2 is 1.92 bits per heavy atom. The largest absolute Gasteiger partial charge is 0.462 e. The third-order valence-electron chi connectivity index (χ3n) is 8.09. The summed E-state index contributed by atoms with van der Waals surface area (Å²) < 4.78 is 5.50. The van der Waals surface area contributed by atoms with Crippen molar-refractivity contribution in [2.24, 2.45) is 28.6 Å². The van der Waals surface area contributed by atoms with Crippen molar-refractivity contribution in [1.82, 2.24) is 0 Å². The van der Waals surface area contributed by atoms with E-state index in [9.17, 15) is 9.59 Å². The fraction of sp³-hybridized carbons (Fsp3) is 0.810. The maximum absolute atomic E-state index is 12.7. The molecule has 0 aromatic rings. The van der Waals surface area contributed by atoms with Crippen LogP contribution in [0.5, 0.6) is 0 Å². The topological polar surface area (TPSA) is 43.4 Å². The molecule has 0 aliphatic heterocycles. The van der Waals surface area contributed by atoms with E-state index in [1.807, 2.05) is 0 Å². The van der Waals surface area contributed by atoms with E-state index in [0.717, 1.165) is 44.9 Å². The van der Waals surface area contributed by atoms with E-state index in [4.69, 9.17) is 4.74 Å². The lowest BCUT2D eigenvalue weighted by Crippen LogP contribution is -2.50. The lowest BCUT2D eigenvalue weighted by Gasteiger charge is -2.56. The van der Waals surface area contributed by atoms with Crippen LogP contribution in [0.25, 0.3) is 0 Å². The summed E-state index contributed by atoms with van der Waals surface area (Å²) in [4.78, 5) is 24.1. The van der Waals surface area contributed by atoms with Gasteiger partial charge in [-0.15, -0.1) is 0 Å². The molecule has 0 aromatic carbocycles. The molecule has 25 heavy (non-hydrogen) atoms. The number of ether oxygens (including phenoxy) is 1. The average molecular weight is 409 g/mol. The molecule has 4 heteroatoms. The number of hydrogen-bond donors (Lipinski definition) is 0. The number of esters is 1. The molecule has 0 unspecified atom stereocenters. The van der Waals surface area contributed by atoms with Crippen molar-refractivity contribution >= 4 is 27.7 Å². The second-order valence-electron chi connectivity index (χ2n) is 9.26. The van der Waals surface area contributed by atoms with Gasteiger partial charge in [0.2, 0.25) is 0 Å². The van der Waals surface area contributed by atoms with E-state index in [1.165, 1.54) is 12.5 Å². The van der Waals surface area contributed by atoms with Crippen molar-refractivity contribution in [3.8, 4) is 0 Å². The van der Waals surface area contributed by atoms with Gasteiger partial charge in [0, 0.05) is 18.8 Å². The van der Waals surface area contributed by atoms with Crippen molar-refractivity contribution in [3.63, 3.8) is 0 Å². The van der Waals surface area contributed by atoms with Gasteiger partial charge in [-0.25, -0.2) is 0 Å². The lowest BCUT2D eigenvalue weighted by molar-refractivity contribution is -0.148. The summed E-state index contributed by atoms with van der Waals surface area (Å²) in [5.74, 6) is 2.10. The van der Waals surface area contributed by atoms with Gasteiger partial charge in [0.05, 0.1) is 4.83 Å². The maximum atomic E-state index is 12.7. The molecule has 3 saturated carbocycles. The van der Waals surface area contributed by atoms with E-state index in [2.05, 4.69) is 35.9 Å². The molecule has 3 nitrogen and oxygen atoms in total. The summed E-state index contributed by atoms with van der Waals surface area (Å²) >= 11 is 3.65. The van der Waals surface area contributed by atoms with E-state index >= 15 is 0 Å². The molecule has 4 rings (SSSR count). The smallest absolute Gasteiger partial charge is 0.302 e. The second-order valence-corrected chi connectivity index (χ2v) is 10.4. The highest BCUT2D eigenvalue weighted by molar-refractivity contribution is 9.10. The molecule has 0 radical (unpaired) electrons. The summed E-state index contributed by atoms with van der Waals surface area (Å²) in [5, 5.41) is 0. The highest BCUT2D eigenvalue weighted by Crippen LogP contribution is 2.64. The highest BCUT2D eigenvalue weighted by atomic mass is 79.9. The SMILES string of the molecule is CC(=O)O[C@@H]1CC[C@]2(C)C(=CC[C@H]3[C@H]4C[C@H](Br)C(=O)[C@]4(C)CC[C@H]32)C1. The summed E-state index contributed by atoms with van der Waals surface area (Å²) in [5.41, 5.74) is 1.62. The number of Topliss-reactive ketones (excluding diaryl/α,β-unsaturated/α-hetero) is 1. The number of ketones is 1. The van der Waals surface area contributed by atoms with Crippen LogP contribution in [-0.2, 0) is 14.3 Å². The molecule has 138 valence electrons. The van der Waals surface area contributed by atoms with Crippen molar-refractivity contribution in [2.75, 3.05) is 0 Å². The zero-order valence-corrected chi connectivity index (χ0v) is 17.1. The first-order valence-electron chi connectivity index (χ1n) is 9.81. The zero-order chi connectivity index (χ0) is 18.0. The Labute approximate surface area is 159 Å². The van der Waals surface area contributed by atoms with Crippen molar-refractivity contribution < 1.29 is 14.3 Å². The normalized spacial score (nSPS) is 48.9. The molecular weight excluding hydrogens is 380 g/mol. The number of alkyl halides is 1. The minimum atomic E-state index is -0.163. The first kappa shape index (κ1) is 17.8. The van der Waals surface area contributed by atoms with Crippen molar-refractivity contribution in [1.29, 1.82) is 0 Å². The molecule has 0 spiro atoms. The molecule has 0 saturated heterocycles. The summed E-state index contributed by atoms with van der Waals surface area (Å²) in [7, 11) is 0. The van der Waals surface area contributed by atoms with Crippen LogP contribution in [0.15, 0.2) is 11.6 Å². The van der Waals surface area contributed by atoms with Gasteiger partial charge in [-0.2, -0.15) is 0 Å². The number of carbonyl (C=O) groups is 2. The Morgan fingerprint density at radius 3 is 2.64 bits per heavy atom. The van der Waals surface area contributed by atoms with Gasteiger partial charge in [0.25, 0.3) is 0 Å². The van der Waals surface area contributed by atoms with Crippen LogP contribution in [0, 0.1) is 28.6 Å². The molecule has 0 aromatic heterocycles. The molecule has 3 fully saturated rings. The Balaban J connectivity index is 1.61. The monoisotopic (exact) mass is 408 g/mol. The van der Waals surface area contributed by atoms with Crippen LogP contribution in [-0.4, -0.2) is 22.7 Å². The van der Waals surface area contributed by atoms with Gasteiger partial charge in [-0.05, 0) is 61.7 Å². The predicted octanol–water partition coefficient (Wildman–Crippen LogP) is 4.82. The number of halogens is 1. The number of hydrogen-bond acceptors (Lipinski definition) is 3. The van der Waals surface area contributed by atoms with Crippen LogP contribution in [0.4, 0.5) is 0 Å². The quantitative estimate of drug-likeness (QED) is 0.354. The van der Waals surface area contributed by atoms with Gasteiger partial charge >= 0.3 is 5.97 Å². The molecule has 4 aliphatic carbocycles. The summed E-state index contributed by atoms with van der Waals surface area (Å²) in [6, 6.07) is 0. The molecule has 0 amide bonds. The summed E-state index contributed by atoms with van der Waals surface area (Å²) in [6.07, 6.45) is 9.77. The second kappa shape index (κ2) is 5.94. The van der Waals surface area contributed by atoms with Gasteiger partial charge < -0.3 is 4.74 Å². The minimum Gasteiger partial charge on any atom is -0.462 e. The number of carbonyl (C=O) groups excluding carboxylic acids is 2. The Morgan fingerprint density at radius 1 is 1.20 bits per heavy atom. The molecule has 7 atom stereocenters. The molecule has 0 N–H and O–H groups in total. The fourth-order valence-electron chi connectivity index (χ4n) is 6.71. The molecule has 0 bridgehead atoms. The van der Waals surface area contributed by atoms with E-state index in [-0.39, 0.29) is 27.7 Å². The van der Waals surface area contributed by atoms with Crippen LogP contribution in [0.3, 0.4) is 0 Å². The molecule has 4 aliphatic rings. The molecular formula is C21H29BrO3. The van der Waals surface area contributed by atoms with Gasteiger partial charge in [0.1, 0.15) is 6.10 Å². The van der Waals surface area contributed by atoms with Crippen molar-refractivity contribution in [2.45, 2.75) is 76.6 Å². The summed E-state index contributed by atoms with van der Waals surface area (Å²) in [6.45, 7) is 6.16. The van der Waals surface area contributed by atoms with E-state index in [0.29, 0.717) is 23.5 Å². The van der Waals surface area contributed by atoms with Gasteiger partial charge in [-0.1, -0.05) is 41.4 Å². The third kappa shape index (κ3) is 2.57. The van der Waals surface area contributed by atoms with Gasteiger partial charge in [-0.3, -0.25) is 9.59 Å². The lowest BCUT2D eigenvalue weighted by atomic mass is 9.48. The average Bonchev–Trinajstić information content (AvgIpc) is 2.78. The van der Waals surface area contributed by atoms with Crippen LogP contribution < -0.4 is 0 Å². The van der Waals surface area contributed by atoms with E-state index < -0.39 is 0 Å².